The lowest BCUT2D eigenvalue weighted by Crippen LogP contribution is -2.57. The van der Waals surface area contributed by atoms with E-state index in [0.717, 1.165) is 10.0 Å². The van der Waals surface area contributed by atoms with Gasteiger partial charge >= 0.3 is 0 Å². The minimum absolute atomic E-state index is 0.234. The highest BCUT2D eigenvalue weighted by molar-refractivity contribution is 6.30. The first-order valence-electron chi connectivity index (χ1n) is 10.6. The summed E-state index contributed by atoms with van der Waals surface area (Å²) >= 11 is 5.97. The third-order valence-electron chi connectivity index (χ3n) is 6.04. The fourth-order valence-electron chi connectivity index (χ4n) is 4.36. The molecule has 2 aromatic carbocycles. The summed E-state index contributed by atoms with van der Waals surface area (Å²) in [7, 11) is 0. The molecule has 0 N–H and O–H groups in total. The van der Waals surface area contributed by atoms with Gasteiger partial charge in [0.25, 0.3) is 17.7 Å². The molecule has 6 nitrogen and oxygen atoms in total. The summed E-state index contributed by atoms with van der Waals surface area (Å²) in [5, 5.41) is 2.45. The van der Waals surface area contributed by atoms with Crippen molar-refractivity contribution in [1.82, 2.24) is 10.0 Å². The molecule has 0 spiro atoms. The molecule has 7 heteroatoms. The van der Waals surface area contributed by atoms with E-state index in [1.54, 1.807) is 49.4 Å². The molecular formula is C25H23ClN2O4. The molecule has 2 aromatic rings. The first kappa shape index (κ1) is 22.0. The number of halogens is 1. The second-order valence-corrected chi connectivity index (χ2v) is 8.39. The number of hydrazine groups is 1. The highest BCUT2D eigenvalue weighted by Crippen LogP contribution is 2.37. The van der Waals surface area contributed by atoms with Crippen LogP contribution in [0.3, 0.4) is 0 Å². The molecule has 3 amide bonds. The maximum absolute atomic E-state index is 13.6. The van der Waals surface area contributed by atoms with Crippen LogP contribution < -0.4 is 0 Å². The SMILES string of the molecule is CC[C@@H](C(=O)c1ccccc1)N(C(=O)c1ccc(Cl)cc1)N1C(=O)[C@H]2CC=CC[C@H]2C1=O. The first-order chi connectivity index (χ1) is 15.4. The molecule has 0 saturated carbocycles. The standard InChI is InChI=1S/C25H23ClN2O4/c1-2-21(22(29)16-8-4-3-5-9-16)27(23(30)17-12-14-18(26)15-13-17)28-24(31)19-10-6-7-11-20(19)25(28)32/h3-9,12-15,19-21H,2,10-11H2,1H3/t19-,20+,21-/m0/s1. The third-order valence-corrected chi connectivity index (χ3v) is 6.29. The lowest BCUT2D eigenvalue weighted by molar-refractivity contribution is -0.156. The molecule has 0 bridgehead atoms. The number of ketones is 1. The van der Waals surface area contributed by atoms with Crippen LogP contribution in [0.4, 0.5) is 0 Å². The average molecular weight is 451 g/mol. The Bertz CT molecular complexity index is 1050. The second kappa shape index (κ2) is 9.09. The number of hydrogen-bond donors (Lipinski definition) is 0. The van der Waals surface area contributed by atoms with Crippen LogP contribution >= 0.6 is 11.6 Å². The van der Waals surface area contributed by atoms with Crippen molar-refractivity contribution in [2.24, 2.45) is 11.8 Å². The van der Waals surface area contributed by atoms with Gasteiger partial charge < -0.3 is 0 Å². The molecule has 0 unspecified atom stereocenters. The van der Waals surface area contributed by atoms with Gasteiger partial charge in [-0.25, -0.2) is 5.01 Å². The van der Waals surface area contributed by atoms with Crippen molar-refractivity contribution in [3.63, 3.8) is 0 Å². The predicted octanol–water partition coefficient (Wildman–Crippen LogP) is 4.31. The summed E-state index contributed by atoms with van der Waals surface area (Å²) in [6, 6.07) is 13.7. The number of Topliss-reactive ketones (excluding diaryl/α,β-unsaturated/α-hetero) is 1. The van der Waals surface area contributed by atoms with Crippen LogP contribution in [0.5, 0.6) is 0 Å². The predicted molar refractivity (Wildman–Crippen MR) is 120 cm³/mol. The van der Waals surface area contributed by atoms with E-state index in [1.165, 1.54) is 12.1 Å². The van der Waals surface area contributed by atoms with Crippen LogP contribution in [0.2, 0.25) is 5.02 Å². The molecule has 4 rings (SSSR count). The van der Waals surface area contributed by atoms with E-state index >= 15 is 0 Å². The number of carbonyl (C=O) groups excluding carboxylic acids is 4. The molecule has 2 aliphatic rings. The number of nitrogens with zero attached hydrogens (tertiary/aromatic N) is 2. The summed E-state index contributed by atoms with van der Waals surface area (Å²) in [5.41, 5.74) is 0.647. The van der Waals surface area contributed by atoms with Crippen molar-refractivity contribution in [3.8, 4) is 0 Å². The minimum atomic E-state index is -1.01. The van der Waals surface area contributed by atoms with Gasteiger partial charge in [-0.2, -0.15) is 5.01 Å². The zero-order chi connectivity index (χ0) is 22.8. The summed E-state index contributed by atoms with van der Waals surface area (Å²) in [6.07, 6.45) is 4.88. The zero-order valence-electron chi connectivity index (χ0n) is 17.6. The van der Waals surface area contributed by atoms with Crippen molar-refractivity contribution < 1.29 is 19.2 Å². The Hall–Kier alpha value is -3.25. The Morgan fingerprint density at radius 1 is 0.938 bits per heavy atom. The molecular weight excluding hydrogens is 428 g/mol. The monoisotopic (exact) mass is 450 g/mol. The summed E-state index contributed by atoms with van der Waals surface area (Å²) in [5.74, 6) is -2.83. The van der Waals surface area contributed by atoms with Gasteiger partial charge in [0.15, 0.2) is 5.78 Å². The van der Waals surface area contributed by atoms with Crippen LogP contribution in [0.1, 0.15) is 46.9 Å². The Morgan fingerprint density at radius 2 is 1.50 bits per heavy atom. The topological polar surface area (TPSA) is 74.8 Å². The van der Waals surface area contributed by atoms with Crippen molar-refractivity contribution in [1.29, 1.82) is 0 Å². The lowest BCUT2D eigenvalue weighted by Gasteiger charge is -2.36. The first-order valence-corrected chi connectivity index (χ1v) is 11.0. The fourth-order valence-corrected chi connectivity index (χ4v) is 4.48. The number of allylic oxidation sites excluding steroid dienone is 2. The highest BCUT2D eigenvalue weighted by Gasteiger charge is 2.52. The van der Waals surface area contributed by atoms with E-state index < -0.39 is 35.6 Å². The van der Waals surface area contributed by atoms with Crippen molar-refractivity contribution >= 4 is 35.1 Å². The number of amides is 3. The van der Waals surface area contributed by atoms with Gasteiger partial charge in [0.05, 0.1) is 11.8 Å². The summed E-state index contributed by atoms with van der Waals surface area (Å²) < 4.78 is 0. The molecule has 1 heterocycles. The maximum Gasteiger partial charge on any atom is 0.273 e. The van der Waals surface area contributed by atoms with Gasteiger partial charge in [-0.3, -0.25) is 19.2 Å². The molecule has 32 heavy (non-hydrogen) atoms. The number of rotatable bonds is 6. The van der Waals surface area contributed by atoms with Crippen molar-refractivity contribution in [2.45, 2.75) is 32.2 Å². The number of imide groups is 1. The Labute approximate surface area is 191 Å². The molecule has 164 valence electrons. The maximum atomic E-state index is 13.6. The van der Waals surface area contributed by atoms with E-state index in [0.29, 0.717) is 23.4 Å². The van der Waals surface area contributed by atoms with E-state index in [4.69, 9.17) is 11.6 Å². The largest absolute Gasteiger partial charge is 0.292 e. The van der Waals surface area contributed by atoms with Crippen LogP contribution in [0.25, 0.3) is 0 Å². The van der Waals surface area contributed by atoms with Gasteiger partial charge in [0, 0.05) is 16.1 Å². The Morgan fingerprint density at radius 3 is 2.03 bits per heavy atom. The average Bonchev–Trinajstić information content (AvgIpc) is 3.08. The quantitative estimate of drug-likeness (QED) is 0.373. The zero-order valence-corrected chi connectivity index (χ0v) is 18.4. The summed E-state index contributed by atoms with van der Waals surface area (Å²) in [4.78, 5) is 53.7. The Kier molecular flexibility index (Phi) is 6.24. The molecule has 1 saturated heterocycles. The highest BCUT2D eigenvalue weighted by atomic mass is 35.5. The van der Waals surface area contributed by atoms with E-state index in [2.05, 4.69) is 0 Å². The normalized spacial score (nSPS) is 20.8. The molecule has 3 atom stereocenters. The van der Waals surface area contributed by atoms with E-state index in [-0.39, 0.29) is 17.8 Å². The summed E-state index contributed by atoms with van der Waals surface area (Å²) in [6.45, 7) is 1.76. The van der Waals surface area contributed by atoms with E-state index in [9.17, 15) is 19.2 Å². The number of benzene rings is 2. The van der Waals surface area contributed by atoms with Crippen molar-refractivity contribution in [2.75, 3.05) is 0 Å². The van der Waals surface area contributed by atoms with Gasteiger partial charge in [0.1, 0.15) is 6.04 Å². The Balaban J connectivity index is 1.78. The van der Waals surface area contributed by atoms with Crippen LogP contribution in [-0.2, 0) is 9.59 Å². The minimum Gasteiger partial charge on any atom is -0.292 e. The second-order valence-electron chi connectivity index (χ2n) is 7.96. The van der Waals surface area contributed by atoms with Crippen LogP contribution in [-0.4, -0.2) is 39.6 Å². The number of fused-ring (bicyclic) bond motifs is 1. The number of carbonyl (C=O) groups is 4. The molecule has 0 aromatic heterocycles. The van der Waals surface area contributed by atoms with Gasteiger partial charge in [-0.05, 0) is 43.5 Å². The van der Waals surface area contributed by atoms with Gasteiger partial charge in [-0.15, -0.1) is 0 Å². The molecule has 0 radical (unpaired) electrons. The number of hydrogen-bond acceptors (Lipinski definition) is 4. The fraction of sp³-hybridized carbons (Fsp3) is 0.280. The van der Waals surface area contributed by atoms with Crippen molar-refractivity contribution in [3.05, 3.63) is 82.9 Å². The smallest absolute Gasteiger partial charge is 0.273 e. The molecule has 1 aliphatic carbocycles. The van der Waals surface area contributed by atoms with Gasteiger partial charge in [-0.1, -0.05) is 61.0 Å². The van der Waals surface area contributed by atoms with Crippen LogP contribution in [0, 0.1) is 11.8 Å². The third kappa shape index (κ3) is 3.86. The van der Waals surface area contributed by atoms with Gasteiger partial charge in [0.2, 0.25) is 0 Å². The molecule has 1 fully saturated rings. The molecule has 1 aliphatic heterocycles. The van der Waals surface area contributed by atoms with E-state index in [1.807, 2.05) is 12.2 Å². The van der Waals surface area contributed by atoms with Crippen LogP contribution in [0.15, 0.2) is 66.7 Å². The lowest BCUT2D eigenvalue weighted by atomic mass is 9.85.